The highest BCUT2D eigenvalue weighted by atomic mass is 14.7. The summed E-state index contributed by atoms with van der Waals surface area (Å²) in [5.41, 5.74) is 8.93. The fourth-order valence-electron chi connectivity index (χ4n) is 4.62. The van der Waals surface area contributed by atoms with Crippen LogP contribution >= 0.6 is 0 Å². The lowest BCUT2D eigenvalue weighted by Crippen LogP contribution is -2.17. The van der Waals surface area contributed by atoms with E-state index >= 15 is 0 Å². The zero-order valence-corrected chi connectivity index (χ0v) is 15.4. The van der Waals surface area contributed by atoms with E-state index in [9.17, 15) is 0 Å². The number of rotatable bonds is 1. The second kappa shape index (κ2) is 5.28. The molecule has 1 aromatic heterocycles. The average molecular weight is 335 g/mol. The quantitative estimate of drug-likeness (QED) is 0.386. The molecule has 126 valence electrons. The maximum atomic E-state index is 4.82. The standard InChI is InChI=1S/C25H21N/c1-16-7-6-9-18(15-16)24-23-21(13-14-26-24)20-12-11-17-8-4-5-10-19(17)22(20)25(23,2)3/h4-15H,1-3H3. The van der Waals surface area contributed by atoms with E-state index < -0.39 is 0 Å². The summed E-state index contributed by atoms with van der Waals surface area (Å²) >= 11 is 0. The first kappa shape index (κ1) is 15.3. The first-order valence-electron chi connectivity index (χ1n) is 9.16. The minimum atomic E-state index is -0.0845. The third-order valence-corrected chi connectivity index (χ3v) is 5.71. The summed E-state index contributed by atoms with van der Waals surface area (Å²) in [4.78, 5) is 4.82. The van der Waals surface area contributed by atoms with Gasteiger partial charge in [-0.2, -0.15) is 0 Å². The van der Waals surface area contributed by atoms with Gasteiger partial charge in [0.15, 0.2) is 0 Å². The van der Waals surface area contributed by atoms with Crippen molar-refractivity contribution in [3.05, 3.63) is 89.6 Å². The number of nitrogens with zero attached hydrogens (tertiary/aromatic N) is 1. The number of hydrogen-bond donors (Lipinski definition) is 0. The van der Waals surface area contributed by atoms with Crippen LogP contribution in [0.2, 0.25) is 0 Å². The Labute approximate surface area is 154 Å². The van der Waals surface area contributed by atoms with Gasteiger partial charge in [-0.15, -0.1) is 0 Å². The fourth-order valence-corrected chi connectivity index (χ4v) is 4.62. The van der Waals surface area contributed by atoms with Crippen molar-refractivity contribution in [3.63, 3.8) is 0 Å². The van der Waals surface area contributed by atoms with E-state index in [1.165, 1.54) is 44.2 Å². The molecule has 1 nitrogen and oxygen atoms in total. The van der Waals surface area contributed by atoms with E-state index in [1.807, 2.05) is 6.20 Å². The summed E-state index contributed by atoms with van der Waals surface area (Å²) in [6.45, 7) is 6.82. The molecular weight excluding hydrogens is 314 g/mol. The van der Waals surface area contributed by atoms with Crippen LogP contribution in [-0.2, 0) is 5.41 Å². The van der Waals surface area contributed by atoms with E-state index in [0.29, 0.717) is 0 Å². The van der Waals surface area contributed by atoms with E-state index in [0.717, 1.165) is 5.69 Å². The molecule has 1 aliphatic rings. The first-order valence-corrected chi connectivity index (χ1v) is 9.16. The molecular formula is C25H21N. The molecule has 0 N–H and O–H groups in total. The Morgan fingerprint density at radius 3 is 2.42 bits per heavy atom. The molecule has 0 unspecified atom stereocenters. The van der Waals surface area contributed by atoms with Gasteiger partial charge in [0.2, 0.25) is 0 Å². The summed E-state index contributed by atoms with van der Waals surface area (Å²) in [7, 11) is 0. The van der Waals surface area contributed by atoms with Gasteiger partial charge in [0.25, 0.3) is 0 Å². The van der Waals surface area contributed by atoms with Crippen molar-refractivity contribution in [1.82, 2.24) is 4.98 Å². The van der Waals surface area contributed by atoms with Gasteiger partial charge >= 0.3 is 0 Å². The van der Waals surface area contributed by atoms with Crippen LogP contribution in [0.5, 0.6) is 0 Å². The maximum Gasteiger partial charge on any atom is 0.0749 e. The number of hydrogen-bond acceptors (Lipinski definition) is 1. The van der Waals surface area contributed by atoms with E-state index in [1.54, 1.807) is 0 Å². The molecule has 0 fully saturated rings. The lowest BCUT2D eigenvalue weighted by atomic mass is 9.78. The molecule has 4 aromatic rings. The van der Waals surface area contributed by atoms with Crippen LogP contribution in [0.1, 0.15) is 30.5 Å². The molecule has 26 heavy (non-hydrogen) atoms. The number of aromatic nitrogens is 1. The van der Waals surface area contributed by atoms with Gasteiger partial charge in [-0.3, -0.25) is 4.98 Å². The third-order valence-electron chi connectivity index (χ3n) is 5.71. The second-order valence-electron chi connectivity index (χ2n) is 7.79. The van der Waals surface area contributed by atoms with Gasteiger partial charge in [0, 0.05) is 17.2 Å². The summed E-state index contributed by atoms with van der Waals surface area (Å²) in [6, 6.07) is 24.1. The van der Waals surface area contributed by atoms with Crippen LogP contribution in [0.25, 0.3) is 33.2 Å². The molecule has 3 aromatic carbocycles. The Bertz CT molecular complexity index is 1170. The maximum absolute atomic E-state index is 4.82. The van der Waals surface area contributed by atoms with Gasteiger partial charge in [-0.1, -0.05) is 74.0 Å². The smallest absolute Gasteiger partial charge is 0.0749 e. The topological polar surface area (TPSA) is 12.9 Å². The highest BCUT2D eigenvalue weighted by Gasteiger charge is 2.39. The Morgan fingerprint density at radius 1 is 0.769 bits per heavy atom. The predicted octanol–water partition coefficient (Wildman–Crippen LogP) is 6.52. The van der Waals surface area contributed by atoms with E-state index in [2.05, 4.69) is 87.5 Å². The van der Waals surface area contributed by atoms with Crippen molar-refractivity contribution in [3.8, 4) is 22.4 Å². The Hall–Kier alpha value is -2.93. The van der Waals surface area contributed by atoms with E-state index in [-0.39, 0.29) is 5.41 Å². The number of pyridine rings is 1. The van der Waals surface area contributed by atoms with Gasteiger partial charge < -0.3 is 0 Å². The minimum absolute atomic E-state index is 0.0845. The van der Waals surface area contributed by atoms with Gasteiger partial charge in [-0.05, 0) is 52.1 Å². The first-order chi connectivity index (χ1) is 12.6. The molecule has 0 aliphatic heterocycles. The molecule has 0 saturated heterocycles. The Balaban J connectivity index is 1.86. The van der Waals surface area contributed by atoms with Crippen molar-refractivity contribution in [2.45, 2.75) is 26.2 Å². The van der Waals surface area contributed by atoms with Crippen LogP contribution < -0.4 is 0 Å². The molecule has 1 aliphatic carbocycles. The van der Waals surface area contributed by atoms with Crippen LogP contribution in [0.4, 0.5) is 0 Å². The largest absolute Gasteiger partial charge is 0.256 e. The number of fused-ring (bicyclic) bond motifs is 5. The normalized spacial score (nSPS) is 14.3. The van der Waals surface area contributed by atoms with Crippen LogP contribution in [0.15, 0.2) is 72.9 Å². The fraction of sp³-hybridized carbons (Fsp3) is 0.160. The minimum Gasteiger partial charge on any atom is -0.256 e. The Kier molecular flexibility index (Phi) is 3.12. The summed E-state index contributed by atoms with van der Waals surface area (Å²) < 4.78 is 0. The molecule has 0 amide bonds. The van der Waals surface area contributed by atoms with Crippen molar-refractivity contribution < 1.29 is 0 Å². The van der Waals surface area contributed by atoms with Crippen LogP contribution in [0, 0.1) is 6.92 Å². The lowest BCUT2D eigenvalue weighted by Gasteiger charge is -2.25. The monoisotopic (exact) mass is 335 g/mol. The molecule has 0 atom stereocenters. The SMILES string of the molecule is Cc1cccc(-c2nccc3c2C(C)(C)c2c-3ccc3ccccc23)c1. The van der Waals surface area contributed by atoms with Crippen molar-refractivity contribution in [2.75, 3.05) is 0 Å². The zero-order valence-electron chi connectivity index (χ0n) is 15.4. The molecule has 0 saturated carbocycles. The molecule has 0 bridgehead atoms. The summed E-state index contributed by atoms with van der Waals surface area (Å²) in [5.74, 6) is 0. The lowest BCUT2D eigenvalue weighted by molar-refractivity contribution is 0.665. The number of benzene rings is 3. The summed E-state index contributed by atoms with van der Waals surface area (Å²) in [6.07, 6.45) is 1.96. The predicted molar refractivity (Wildman–Crippen MR) is 109 cm³/mol. The Morgan fingerprint density at radius 2 is 1.58 bits per heavy atom. The number of aryl methyl sites for hydroxylation is 1. The molecule has 1 heteroatoms. The van der Waals surface area contributed by atoms with Gasteiger partial charge in [-0.25, -0.2) is 0 Å². The molecule has 0 radical (unpaired) electrons. The molecule has 0 spiro atoms. The third kappa shape index (κ3) is 2.00. The van der Waals surface area contributed by atoms with Crippen molar-refractivity contribution in [1.29, 1.82) is 0 Å². The van der Waals surface area contributed by atoms with Crippen molar-refractivity contribution in [2.24, 2.45) is 0 Å². The van der Waals surface area contributed by atoms with Gasteiger partial charge in [0.1, 0.15) is 0 Å². The molecule has 5 rings (SSSR count). The highest BCUT2D eigenvalue weighted by molar-refractivity contribution is 5.98. The molecule has 1 heterocycles. The van der Waals surface area contributed by atoms with E-state index in [4.69, 9.17) is 4.98 Å². The van der Waals surface area contributed by atoms with Crippen LogP contribution in [0.3, 0.4) is 0 Å². The summed E-state index contributed by atoms with van der Waals surface area (Å²) in [5, 5.41) is 2.65. The average Bonchev–Trinajstić information content (AvgIpc) is 2.90. The zero-order chi connectivity index (χ0) is 17.9. The van der Waals surface area contributed by atoms with Gasteiger partial charge in [0.05, 0.1) is 5.69 Å². The second-order valence-corrected chi connectivity index (χ2v) is 7.79. The highest BCUT2D eigenvalue weighted by Crippen LogP contribution is 2.53. The van der Waals surface area contributed by atoms with Crippen molar-refractivity contribution >= 4 is 10.8 Å². The van der Waals surface area contributed by atoms with Crippen LogP contribution in [-0.4, -0.2) is 4.98 Å².